The van der Waals surface area contributed by atoms with Crippen LogP contribution in [-0.2, 0) is 4.79 Å². The Morgan fingerprint density at radius 3 is 2.53 bits per heavy atom. The molecule has 5 rings (SSSR count). The van der Waals surface area contributed by atoms with E-state index in [2.05, 4.69) is 39.8 Å². The zero-order valence-corrected chi connectivity index (χ0v) is 18.8. The average molecular weight is 440 g/mol. The van der Waals surface area contributed by atoms with Gasteiger partial charge in [0.25, 0.3) is 5.91 Å². The predicted octanol–water partition coefficient (Wildman–Crippen LogP) is 5.07. The number of amides is 1. The van der Waals surface area contributed by atoms with Crippen LogP contribution in [0.2, 0.25) is 0 Å². The molecule has 158 valence electrons. The molecule has 0 aliphatic carbocycles. The quantitative estimate of drug-likeness (QED) is 0.579. The molecule has 0 spiro atoms. The fourth-order valence-corrected chi connectivity index (χ4v) is 4.84. The first-order valence-electron chi connectivity index (χ1n) is 10.2. The number of carbonyl (C=O) groups is 1. The lowest BCUT2D eigenvalue weighted by Crippen LogP contribution is -2.35. The highest BCUT2D eigenvalue weighted by atomic mass is 32.2. The van der Waals surface area contributed by atoms with Crippen molar-refractivity contribution in [1.29, 1.82) is 5.41 Å². The van der Waals surface area contributed by atoms with Gasteiger partial charge >= 0.3 is 0 Å². The molecule has 0 unspecified atom stereocenters. The monoisotopic (exact) mass is 439 g/mol. The topological polar surface area (TPSA) is 73.8 Å². The number of aryl methyl sites for hydroxylation is 2. The molecule has 2 aliphatic rings. The fraction of sp³-hybridized carbons (Fsp3) is 0.120. The Labute approximate surface area is 190 Å². The number of aliphatic imine (C=N–C) groups is 1. The first kappa shape index (κ1) is 20.2. The number of nitrogens with zero attached hydrogens (tertiary/aromatic N) is 4. The van der Waals surface area contributed by atoms with Gasteiger partial charge in [0, 0.05) is 22.6 Å². The van der Waals surface area contributed by atoms with E-state index in [0.29, 0.717) is 5.17 Å². The largest absolute Gasteiger partial charge is 0.318 e. The normalized spacial score (nSPS) is 17.0. The Morgan fingerprint density at radius 1 is 1.00 bits per heavy atom. The minimum Gasteiger partial charge on any atom is -0.318 e. The van der Waals surface area contributed by atoms with Gasteiger partial charge in [0.15, 0.2) is 5.84 Å². The van der Waals surface area contributed by atoms with Gasteiger partial charge in [-0.05, 0) is 67.9 Å². The van der Waals surface area contributed by atoms with Crippen LogP contribution in [0.3, 0.4) is 0 Å². The molecule has 0 bridgehead atoms. The van der Waals surface area contributed by atoms with Crippen LogP contribution in [0.1, 0.15) is 28.1 Å². The van der Waals surface area contributed by atoms with Gasteiger partial charge in [-0.2, -0.15) is 15.1 Å². The van der Waals surface area contributed by atoms with Crippen molar-refractivity contribution in [3.05, 3.63) is 94.3 Å². The third kappa shape index (κ3) is 3.40. The van der Waals surface area contributed by atoms with Gasteiger partial charge < -0.3 is 4.57 Å². The number of thioether (sulfide) groups is 1. The van der Waals surface area contributed by atoms with Gasteiger partial charge in [0.1, 0.15) is 5.04 Å². The lowest BCUT2D eigenvalue weighted by molar-refractivity contribution is -0.114. The third-order valence-electron chi connectivity index (χ3n) is 5.51. The van der Waals surface area contributed by atoms with Crippen LogP contribution in [-0.4, -0.2) is 31.5 Å². The van der Waals surface area contributed by atoms with Gasteiger partial charge in [0.05, 0.1) is 5.57 Å². The third-order valence-corrected chi connectivity index (χ3v) is 6.46. The number of nitrogens with one attached hydrogen (secondary N) is 1. The van der Waals surface area contributed by atoms with E-state index in [-0.39, 0.29) is 11.4 Å². The highest BCUT2D eigenvalue weighted by Gasteiger charge is 2.36. The van der Waals surface area contributed by atoms with Crippen LogP contribution in [0.5, 0.6) is 0 Å². The Kier molecular flexibility index (Phi) is 4.90. The molecule has 1 amide bonds. The lowest BCUT2D eigenvalue weighted by atomic mass is 10.1. The first-order chi connectivity index (χ1) is 15.4. The summed E-state index contributed by atoms with van der Waals surface area (Å²) in [5, 5.41) is 15.8. The van der Waals surface area contributed by atoms with Crippen molar-refractivity contribution in [2.24, 2.45) is 10.1 Å². The summed E-state index contributed by atoms with van der Waals surface area (Å²) in [6, 6.07) is 20.0. The molecule has 6 nitrogen and oxygen atoms in total. The summed E-state index contributed by atoms with van der Waals surface area (Å²) in [4.78, 5) is 17.0. The predicted molar refractivity (Wildman–Crippen MR) is 131 cm³/mol. The highest BCUT2D eigenvalue weighted by molar-refractivity contribution is 8.27. The summed E-state index contributed by atoms with van der Waals surface area (Å²) >= 11 is 1.30. The minimum atomic E-state index is -0.418. The minimum absolute atomic E-state index is 0.0405. The van der Waals surface area contributed by atoms with Crippen molar-refractivity contribution < 1.29 is 4.79 Å². The molecule has 1 aromatic heterocycles. The standard InChI is InChI=1S/C25H21N5OS/c1-15-8-7-11-20(12-15)29-16(2)13-19(17(29)3)14-21-22(26)30-25(27-23(21)31)32-24(28-30)18-9-5-4-6-10-18/h4-14,26H,1-3H3/b21-14+,26-22?. The first-order valence-corrected chi connectivity index (χ1v) is 11.1. The molecule has 0 fully saturated rings. The zero-order chi connectivity index (χ0) is 22.4. The van der Waals surface area contributed by atoms with E-state index in [9.17, 15) is 4.79 Å². The second kappa shape index (κ2) is 7.76. The van der Waals surface area contributed by atoms with Crippen molar-refractivity contribution in [3.63, 3.8) is 0 Å². The summed E-state index contributed by atoms with van der Waals surface area (Å²) in [6.45, 7) is 6.12. The number of fused-ring (bicyclic) bond motifs is 1. The van der Waals surface area contributed by atoms with Gasteiger partial charge in [-0.3, -0.25) is 10.2 Å². The molecule has 2 aliphatic heterocycles. The summed E-state index contributed by atoms with van der Waals surface area (Å²) < 4.78 is 2.16. The molecular formula is C25H21N5OS. The maximum absolute atomic E-state index is 12.8. The molecule has 1 N–H and O–H groups in total. The van der Waals surface area contributed by atoms with E-state index in [0.717, 1.165) is 33.2 Å². The van der Waals surface area contributed by atoms with Crippen molar-refractivity contribution >= 4 is 39.8 Å². The average Bonchev–Trinajstić information content (AvgIpc) is 3.32. The lowest BCUT2D eigenvalue weighted by Gasteiger charge is -2.20. The smallest absolute Gasteiger partial charge is 0.283 e. The number of hydrogen-bond acceptors (Lipinski definition) is 4. The zero-order valence-electron chi connectivity index (χ0n) is 18.0. The number of amidine groups is 2. The Hall–Kier alpha value is -3.71. The summed E-state index contributed by atoms with van der Waals surface area (Å²) in [5.41, 5.74) is 6.36. The van der Waals surface area contributed by atoms with Crippen LogP contribution in [0.15, 0.2) is 76.3 Å². The summed E-state index contributed by atoms with van der Waals surface area (Å²) in [7, 11) is 0. The van der Waals surface area contributed by atoms with E-state index >= 15 is 0 Å². The van der Waals surface area contributed by atoms with E-state index < -0.39 is 5.91 Å². The van der Waals surface area contributed by atoms with Crippen LogP contribution in [0.4, 0.5) is 0 Å². The molecule has 2 aromatic carbocycles. The highest BCUT2D eigenvalue weighted by Crippen LogP contribution is 2.31. The molecule has 32 heavy (non-hydrogen) atoms. The maximum Gasteiger partial charge on any atom is 0.283 e. The van der Waals surface area contributed by atoms with Crippen LogP contribution >= 0.6 is 11.8 Å². The van der Waals surface area contributed by atoms with Gasteiger partial charge in [-0.1, -0.05) is 42.5 Å². The summed E-state index contributed by atoms with van der Waals surface area (Å²) in [5.74, 6) is -0.377. The van der Waals surface area contributed by atoms with Gasteiger partial charge in [-0.25, -0.2) is 0 Å². The molecule has 0 saturated carbocycles. The number of benzene rings is 2. The Bertz CT molecular complexity index is 1360. The molecular weight excluding hydrogens is 418 g/mol. The SMILES string of the molecule is Cc1cccc(-n2c(C)cc(/C=C3\C(=N)N4N=C(c5ccccc5)SC4=NC3=O)c2C)c1. The fourth-order valence-electron chi connectivity index (χ4n) is 3.94. The Morgan fingerprint density at radius 2 is 1.78 bits per heavy atom. The van der Waals surface area contributed by atoms with E-state index in [1.54, 1.807) is 6.08 Å². The van der Waals surface area contributed by atoms with Gasteiger partial charge in [-0.15, -0.1) is 0 Å². The summed E-state index contributed by atoms with van der Waals surface area (Å²) in [6.07, 6.45) is 1.75. The second-order valence-corrected chi connectivity index (χ2v) is 8.75. The van der Waals surface area contributed by atoms with E-state index in [1.807, 2.05) is 56.3 Å². The molecule has 0 radical (unpaired) electrons. The number of carbonyl (C=O) groups excluding carboxylic acids is 1. The molecule has 3 heterocycles. The van der Waals surface area contributed by atoms with Crippen molar-refractivity contribution in [1.82, 2.24) is 9.58 Å². The van der Waals surface area contributed by atoms with Crippen LogP contribution < -0.4 is 0 Å². The van der Waals surface area contributed by atoms with Crippen molar-refractivity contribution in [2.75, 3.05) is 0 Å². The molecule has 7 heteroatoms. The Balaban J connectivity index is 1.52. The molecule has 3 aromatic rings. The molecule has 0 atom stereocenters. The number of aromatic nitrogens is 1. The number of rotatable bonds is 3. The number of hydrazone groups is 1. The number of hydrogen-bond donors (Lipinski definition) is 1. The van der Waals surface area contributed by atoms with Crippen LogP contribution in [0, 0.1) is 26.2 Å². The van der Waals surface area contributed by atoms with Gasteiger partial charge in [0.2, 0.25) is 5.17 Å². The molecule has 0 saturated heterocycles. The van der Waals surface area contributed by atoms with E-state index in [1.165, 1.54) is 22.3 Å². The van der Waals surface area contributed by atoms with E-state index in [4.69, 9.17) is 5.41 Å². The van der Waals surface area contributed by atoms with Crippen molar-refractivity contribution in [2.45, 2.75) is 20.8 Å². The maximum atomic E-state index is 12.8. The van der Waals surface area contributed by atoms with Crippen molar-refractivity contribution in [3.8, 4) is 5.69 Å². The van der Waals surface area contributed by atoms with Crippen LogP contribution in [0.25, 0.3) is 11.8 Å². The second-order valence-electron chi connectivity index (χ2n) is 7.79.